The van der Waals surface area contributed by atoms with Crippen molar-refractivity contribution in [2.75, 3.05) is 18.5 Å². The molecule has 1 N–H and O–H groups in total. The average molecular weight is 355 g/mol. The first-order valence-electron chi connectivity index (χ1n) is 8.76. The molecule has 5 heteroatoms. The summed E-state index contributed by atoms with van der Waals surface area (Å²) in [5.74, 6) is -0.0712. The summed E-state index contributed by atoms with van der Waals surface area (Å²) >= 11 is 0. The molecule has 0 saturated carbocycles. The van der Waals surface area contributed by atoms with Gasteiger partial charge in [-0.05, 0) is 56.2 Å². The van der Waals surface area contributed by atoms with Crippen molar-refractivity contribution in [2.45, 2.75) is 33.6 Å². The molecule has 0 aromatic heterocycles. The normalized spacial score (nSPS) is 10.3. The molecule has 0 radical (unpaired) electrons. The van der Waals surface area contributed by atoms with Crippen LogP contribution in [0.5, 0.6) is 5.75 Å². The Morgan fingerprint density at radius 3 is 2.42 bits per heavy atom. The molecule has 138 valence electrons. The second kappa shape index (κ2) is 9.61. The number of benzene rings is 2. The highest BCUT2D eigenvalue weighted by atomic mass is 16.6. The van der Waals surface area contributed by atoms with E-state index in [1.165, 1.54) is 0 Å². The first-order chi connectivity index (χ1) is 12.5. The summed E-state index contributed by atoms with van der Waals surface area (Å²) in [5.41, 5.74) is 3.47. The number of hydrogen-bond donors (Lipinski definition) is 1. The third-order valence-electron chi connectivity index (χ3n) is 3.86. The topological polar surface area (TPSA) is 64.6 Å². The van der Waals surface area contributed by atoms with Gasteiger partial charge >= 0.3 is 5.97 Å². The van der Waals surface area contributed by atoms with E-state index in [-0.39, 0.29) is 12.5 Å². The zero-order valence-corrected chi connectivity index (χ0v) is 15.5. The molecule has 0 atom stereocenters. The molecular formula is C21H25NO4. The van der Waals surface area contributed by atoms with Gasteiger partial charge in [0.15, 0.2) is 6.61 Å². The Hall–Kier alpha value is -2.82. The van der Waals surface area contributed by atoms with Crippen LogP contribution in [0.1, 0.15) is 41.3 Å². The number of carbonyl (C=O) groups excluding carboxylic acids is 2. The van der Waals surface area contributed by atoms with Crippen molar-refractivity contribution in [1.29, 1.82) is 0 Å². The Morgan fingerprint density at radius 2 is 1.77 bits per heavy atom. The number of unbranched alkanes of at least 4 members (excludes halogenated alkanes) is 1. The summed E-state index contributed by atoms with van der Waals surface area (Å²) in [6.45, 7) is 6.27. The van der Waals surface area contributed by atoms with Gasteiger partial charge in [-0.1, -0.05) is 31.0 Å². The van der Waals surface area contributed by atoms with Gasteiger partial charge in [0, 0.05) is 11.3 Å². The number of nitrogens with one attached hydrogen (secondary N) is 1. The van der Waals surface area contributed by atoms with Crippen molar-refractivity contribution in [3.05, 3.63) is 59.2 Å². The lowest BCUT2D eigenvalue weighted by atomic mass is 10.1. The van der Waals surface area contributed by atoms with Gasteiger partial charge in [0.05, 0.1) is 6.61 Å². The van der Waals surface area contributed by atoms with E-state index in [2.05, 4.69) is 5.32 Å². The zero-order valence-electron chi connectivity index (χ0n) is 15.5. The molecule has 26 heavy (non-hydrogen) atoms. The van der Waals surface area contributed by atoms with Crippen molar-refractivity contribution >= 4 is 17.6 Å². The van der Waals surface area contributed by atoms with E-state index < -0.39 is 5.97 Å². The SMILES string of the molecule is CCCCOC(=O)COc1ccc(C(=O)Nc2ccc(C)cc2C)cc1. The lowest BCUT2D eigenvalue weighted by Gasteiger charge is -2.10. The van der Waals surface area contributed by atoms with Gasteiger partial charge in [0.25, 0.3) is 5.91 Å². The second-order valence-corrected chi connectivity index (χ2v) is 6.16. The molecule has 2 rings (SSSR count). The molecule has 2 aromatic carbocycles. The molecule has 0 heterocycles. The van der Waals surface area contributed by atoms with Crippen LogP contribution >= 0.6 is 0 Å². The molecule has 0 bridgehead atoms. The number of rotatable bonds is 8. The number of carbonyl (C=O) groups is 2. The van der Waals surface area contributed by atoms with Crippen molar-refractivity contribution in [3.63, 3.8) is 0 Å². The predicted molar refractivity (Wildman–Crippen MR) is 102 cm³/mol. The Labute approximate surface area is 154 Å². The third kappa shape index (κ3) is 5.92. The van der Waals surface area contributed by atoms with Crippen molar-refractivity contribution in [2.24, 2.45) is 0 Å². The maximum absolute atomic E-state index is 12.3. The highest BCUT2D eigenvalue weighted by Gasteiger charge is 2.09. The maximum atomic E-state index is 12.3. The standard InChI is InChI=1S/C21H25NO4/c1-4-5-12-25-20(23)14-26-18-9-7-17(8-10-18)21(24)22-19-11-6-15(2)13-16(19)3/h6-11,13H,4-5,12,14H2,1-3H3,(H,22,24). The van der Waals surface area contributed by atoms with E-state index in [0.717, 1.165) is 29.7 Å². The van der Waals surface area contributed by atoms with E-state index in [0.29, 0.717) is 17.9 Å². The van der Waals surface area contributed by atoms with E-state index in [4.69, 9.17) is 9.47 Å². The van der Waals surface area contributed by atoms with Gasteiger partial charge in [-0.25, -0.2) is 4.79 Å². The molecule has 2 aromatic rings. The van der Waals surface area contributed by atoms with E-state index in [1.54, 1.807) is 24.3 Å². The average Bonchev–Trinajstić information content (AvgIpc) is 2.63. The minimum Gasteiger partial charge on any atom is -0.482 e. The van der Waals surface area contributed by atoms with Crippen LogP contribution in [0.15, 0.2) is 42.5 Å². The molecule has 0 unspecified atom stereocenters. The molecule has 0 saturated heterocycles. The highest BCUT2D eigenvalue weighted by Crippen LogP contribution is 2.18. The lowest BCUT2D eigenvalue weighted by Crippen LogP contribution is -2.16. The molecule has 0 fully saturated rings. The Kier molecular flexibility index (Phi) is 7.21. The van der Waals surface area contributed by atoms with Gasteiger partial charge in [-0.15, -0.1) is 0 Å². The third-order valence-corrected chi connectivity index (χ3v) is 3.86. The molecule has 0 aliphatic rings. The summed E-state index contributed by atoms with van der Waals surface area (Å²) in [7, 11) is 0. The van der Waals surface area contributed by atoms with E-state index in [1.807, 2.05) is 39.0 Å². The van der Waals surface area contributed by atoms with Crippen molar-refractivity contribution in [3.8, 4) is 5.75 Å². The van der Waals surface area contributed by atoms with Gasteiger partial charge in [0.2, 0.25) is 0 Å². The fraction of sp³-hybridized carbons (Fsp3) is 0.333. The quantitative estimate of drug-likeness (QED) is 0.567. The minimum absolute atomic E-state index is 0.141. The predicted octanol–water partition coefficient (Wildman–Crippen LogP) is 4.28. The number of amides is 1. The first kappa shape index (κ1) is 19.5. The van der Waals surface area contributed by atoms with Gasteiger partial charge in [0.1, 0.15) is 5.75 Å². The monoisotopic (exact) mass is 355 g/mol. The molecule has 0 spiro atoms. The Morgan fingerprint density at radius 1 is 1.04 bits per heavy atom. The lowest BCUT2D eigenvalue weighted by molar-refractivity contribution is -0.146. The maximum Gasteiger partial charge on any atom is 0.344 e. The summed E-state index contributed by atoms with van der Waals surface area (Å²) in [6.07, 6.45) is 1.82. The van der Waals surface area contributed by atoms with Crippen LogP contribution in [0.2, 0.25) is 0 Å². The summed E-state index contributed by atoms with van der Waals surface area (Å²) < 4.78 is 10.4. The second-order valence-electron chi connectivity index (χ2n) is 6.16. The smallest absolute Gasteiger partial charge is 0.344 e. The van der Waals surface area contributed by atoms with Crippen LogP contribution in [-0.4, -0.2) is 25.1 Å². The summed E-state index contributed by atoms with van der Waals surface area (Å²) in [5, 5.41) is 2.90. The fourth-order valence-electron chi connectivity index (χ4n) is 2.37. The van der Waals surface area contributed by atoms with Crippen LogP contribution < -0.4 is 10.1 Å². The van der Waals surface area contributed by atoms with Crippen molar-refractivity contribution < 1.29 is 19.1 Å². The Balaban J connectivity index is 1.88. The summed E-state index contributed by atoms with van der Waals surface area (Å²) in [6, 6.07) is 12.5. The largest absolute Gasteiger partial charge is 0.482 e. The number of aryl methyl sites for hydroxylation is 2. The minimum atomic E-state index is -0.393. The highest BCUT2D eigenvalue weighted by molar-refractivity contribution is 6.04. The Bertz CT molecular complexity index is 753. The molecule has 1 amide bonds. The van der Waals surface area contributed by atoms with Crippen LogP contribution in [0.25, 0.3) is 0 Å². The van der Waals surface area contributed by atoms with Crippen LogP contribution in [0.3, 0.4) is 0 Å². The van der Waals surface area contributed by atoms with Crippen molar-refractivity contribution in [1.82, 2.24) is 0 Å². The zero-order chi connectivity index (χ0) is 18.9. The van der Waals surface area contributed by atoms with Gasteiger partial charge in [-0.3, -0.25) is 4.79 Å². The molecule has 0 aliphatic heterocycles. The molecule has 5 nitrogen and oxygen atoms in total. The van der Waals surface area contributed by atoms with Gasteiger partial charge in [-0.2, -0.15) is 0 Å². The number of ether oxygens (including phenoxy) is 2. The van der Waals surface area contributed by atoms with E-state index >= 15 is 0 Å². The molecular weight excluding hydrogens is 330 g/mol. The van der Waals surface area contributed by atoms with E-state index in [9.17, 15) is 9.59 Å². The number of hydrogen-bond acceptors (Lipinski definition) is 4. The first-order valence-corrected chi connectivity index (χ1v) is 8.76. The fourth-order valence-corrected chi connectivity index (χ4v) is 2.37. The van der Waals surface area contributed by atoms with Gasteiger partial charge < -0.3 is 14.8 Å². The number of esters is 1. The van der Waals surface area contributed by atoms with Crippen LogP contribution in [0.4, 0.5) is 5.69 Å². The molecule has 0 aliphatic carbocycles. The van der Waals surface area contributed by atoms with Crippen LogP contribution in [0, 0.1) is 13.8 Å². The van der Waals surface area contributed by atoms with Crippen LogP contribution in [-0.2, 0) is 9.53 Å². The summed E-state index contributed by atoms with van der Waals surface area (Å²) in [4.78, 5) is 23.9. The number of anilines is 1.